The number of hydrogen-bond acceptors (Lipinski definition) is 4. The van der Waals surface area contributed by atoms with Crippen molar-refractivity contribution in [2.24, 2.45) is 7.05 Å². The molecular formula is C15H18N4O4. The molecule has 8 heteroatoms. The smallest absolute Gasteiger partial charge is 0.306 e. The first kappa shape index (κ1) is 15.3. The van der Waals surface area contributed by atoms with E-state index in [4.69, 9.17) is 9.84 Å². The van der Waals surface area contributed by atoms with E-state index in [2.05, 4.69) is 5.10 Å². The lowest BCUT2D eigenvalue weighted by Crippen LogP contribution is -2.46. The summed E-state index contributed by atoms with van der Waals surface area (Å²) in [5, 5.41) is 13.1. The van der Waals surface area contributed by atoms with Crippen LogP contribution in [-0.2, 0) is 16.6 Å². The maximum Gasteiger partial charge on any atom is 0.306 e. The number of carbonyl (C=O) groups excluding carboxylic acids is 1. The summed E-state index contributed by atoms with van der Waals surface area (Å²) in [7, 11) is 1.78. The Morgan fingerprint density at radius 3 is 2.83 bits per heavy atom. The molecule has 2 aromatic heterocycles. The first-order valence-electron chi connectivity index (χ1n) is 7.34. The van der Waals surface area contributed by atoms with Gasteiger partial charge in [-0.1, -0.05) is 0 Å². The van der Waals surface area contributed by atoms with Crippen molar-refractivity contribution < 1.29 is 19.4 Å². The van der Waals surface area contributed by atoms with Crippen LogP contribution in [0.3, 0.4) is 0 Å². The number of aliphatic carboxylic acids is 1. The van der Waals surface area contributed by atoms with Gasteiger partial charge >= 0.3 is 5.97 Å². The molecule has 1 aliphatic rings. The number of carbonyl (C=O) groups is 2. The number of amides is 1. The molecule has 1 saturated heterocycles. The van der Waals surface area contributed by atoms with Crippen molar-refractivity contribution in [2.45, 2.75) is 12.5 Å². The van der Waals surface area contributed by atoms with Crippen molar-refractivity contribution >= 4 is 11.9 Å². The van der Waals surface area contributed by atoms with Crippen molar-refractivity contribution in [3.8, 4) is 5.82 Å². The Morgan fingerprint density at radius 2 is 2.13 bits per heavy atom. The van der Waals surface area contributed by atoms with E-state index in [0.717, 1.165) is 0 Å². The second-order valence-corrected chi connectivity index (χ2v) is 5.44. The Kier molecular flexibility index (Phi) is 4.16. The summed E-state index contributed by atoms with van der Waals surface area (Å²) in [6, 6.07) is 3.75. The molecule has 1 unspecified atom stereocenters. The van der Waals surface area contributed by atoms with E-state index >= 15 is 0 Å². The molecule has 3 rings (SSSR count). The molecule has 3 heterocycles. The zero-order chi connectivity index (χ0) is 16.4. The van der Waals surface area contributed by atoms with Crippen LogP contribution >= 0.6 is 0 Å². The van der Waals surface area contributed by atoms with Gasteiger partial charge in [0.25, 0.3) is 5.91 Å². The summed E-state index contributed by atoms with van der Waals surface area (Å²) < 4.78 is 8.88. The van der Waals surface area contributed by atoms with Gasteiger partial charge in [0, 0.05) is 32.5 Å². The molecule has 1 atom stereocenters. The second kappa shape index (κ2) is 6.25. The first-order valence-corrected chi connectivity index (χ1v) is 7.34. The zero-order valence-electron chi connectivity index (χ0n) is 12.8. The van der Waals surface area contributed by atoms with Crippen molar-refractivity contribution in [2.75, 3.05) is 19.7 Å². The lowest BCUT2D eigenvalue weighted by atomic mass is 10.2. The fraction of sp³-hybridized carbons (Fsp3) is 0.400. The third-order valence-corrected chi connectivity index (χ3v) is 3.82. The first-order chi connectivity index (χ1) is 11.1. The number of aryl methyl sites for hydroxylation is 1. The molecule has 2 aromatic rings. The van der Waals surface area contributed by atoms with Crippen LogP contribution in [0, 0.1) is 0 Å². The van der Waals surface area contributed by atoms with Gasteiger partial charge in [-0.15, -0.1) is 0 Å². The monoisotopic (exact) mass is 318 g/mol. The van der Waals surface area contributed by atoms with Gasteiger partial charge < -0.3 is 19.3 Å². The van der Waals surface area contributed by atoms with Gasteiger partial charge in [-0.3, -0.25) is 14.3 Å². The lowest BCUT2D eigenvalue weighted by Gasteiger charge is -2.32. The number of ether oxygens (including phenoxy) is 1. The van der Waals surface area contributed by atoms with E-state index in [-0.39, 0.29) is 18.9 Å². The normalized spacial score (nSPS) is 18.1. The number of carboxylic acids is 1. The average Bonchev–Trinajstić information content (AvgIpc) is 3.15. The molecule has 1 N–H and O–H groups in total. The molecular weight excluding hydrogens is 300 g/mol. The van der Waals surface area contributed by atoms with Gasteiger partial charge in [0.1, 0.15) is 11.4 Å². The van der Waals surface area contributed by atoms with Crippen LogP contribution in [0.5, 0.6) is 0 Å². The topological polar surface area (TPSA) is 89.6 Å². The van der Waals surface area contributed by atoms with Crippen molar-refractivity contribution in [1.29, 1.82) is 0 Å². The summed E-state index contributed by atoms with van der Waals surface area (Å²) in [6.07, 6.45) is 4.65. The standard InChI is InChI=1S/C15H18N4O4/c1-17-14(18-4-2-3-5-18)12(9-16-17)15(22)19-6-7-23-11(10-19)8-13(20)21/h2-5,9,11H,6-8,10H2,1H3,(H,20,21). The van der Waals surface area contributed by atoms with E-state index in [1.807, 2.05) is 29.1 Å². The quantitative estimate of drug-likeness (QED) is 0.888. The fourth-order valence-corrected chi connectivity index (χ4v) is 2.76. The van der Waals surface area contributed by atoms with Crippen LogP contribution in [0.4, 0.5) is 0 Å². The van der Waals surface area contributed by atoms with Crippen LogP contribution < -0.4 is 0 Å². The van der Waals surface area contributed by atoms with Gasteiger partial charge in [0.2, 0.25) is 0 Å². The molecule has 0 bridgehead atoms. The Labute approximate surface area is 132 Å². The number of nitrogens with zero attached hydrogens (tertiary/aromatic N) is 4. The highest BCUT2D eigenvalue weighted by Gasteiger charge is 2.29. The summed E-state index contributed by atoms with van der Waals surface area (Å²) in [5.41, 5.74) is 0.486. The zero-order valence-corrected chi connectivity index (χ0v) is 12.8. The van der Waals surface area contributed by atoms with Gasteiger partial charge in [0.15, 0.2) is 0 Å². The Hall–Kier alpha value is -2.61. The summed E-state index contributed by atoms with van der Waals surface area (Å²) in [5.74, 6) is -0.416. The molecule has 0 spiro atoms. The van der Waals surface area contributed by atoms with Crippen LogP contribution in [0.2, 0.25) is 0 Å². The number of carboxylic acid groups (broad SMARTS) is 1. The summed E-state index contributed by atoms with van der Waals surface area (Å²) >= 11 is 0. The van der Waals surface area contributed by atoms with Gasteiger partial charge in [-0.05, 0) is 12.1 Å². The summed E-state index contributed by atoms with van der Waals surface area (Å²) in [6.45, 7) is 1.04. The molecule has 0 aliphatic carbocycles. The number of rotatable bonds is 4. The van der Waals surface area contributed by atoms with Crippen LogP contribution in [0.15, 0.2) is 30.7 Å². The minimum Gasteiger partial charge on any atom is -0.481 e. The average molecular weight is 318 g/mol. The van der Waals surface area contributed by atoms with Crippen LogP contribution in [0.25, 0.3) is 5.82 Å². The SMILES string of the molecule is Cn1ncc(C(=O)N2CCOC(CC(=O)O)C2)c1-n1cccc1. The molecule has 8 nitrogen and oxygen atoms in total. The van der Waals surface area contributed by atoms with Gasteiger partial charge in [0.05, 0.1) is 25.3 Å². The summed E-state index contributed by atoms with van der Waals surface area (Å²) in [4.78, 5) is 25.3. The number of morpholine rings is 1. The van der Waals surface area contributed by atoms with Gasteiger partial charge in [-0.2, -0.15) is 5.10 Å². The third kappa shape index (κ3) is 3.11. The molecule has 0 saturated carbocycles. The van der Waals surface area contributed by atoms with Crippen LogP contribution in [0.1, 0.15) is 16.8 Å². The van der Waals surface area contributed by atoms with E-state index < -0.39 is 12.1 Å². The number of aromatic nitrogens is 3. The van der Waals surface area contributed by atoms with Crippen molar-refractivity contribution in [3.63, 3.8) is 0 Å². The maximum atomic E-state index is 12.8. The Balaban J connectivity index is 1.82. The van der Waals surface area contributed by atoms with E-state index in [1.165, 1.54) is 0 Å². The molecule has 0 aromatic carbocycles. The van der Waals surface area contributed by atoms with E-state index in [0.29, 0.717) is 24.5 Å². The molecule has 122 valence electrons. The minimum atomic E-state index is -0.932. The molecule has 1 amide bonds. The predicted octanol–water partition coefficient (Wildman–Crippen LogP) is 0.526. The second-order valence-electron chi connectivity index (χ2n) is 5.44. The van der Waals surface area contributed by atoms with E-state index in [1.54, 1.807) is 22.8 Å². The largest absolute Gasteiger partial charge is 0.481 e. The maximum absolute atomic E-state index is 12.8. The molecule has 1 aliphatic heterocycles. The van der Waals surface area contributed by atoms with E-state index in [9.17, 15) is 9.59 Å². The molecule has 1 fully saturated rings. The number of hydrogen-bond donors (Lipinski definition) is 1. The minimum absolute atomic E-state index is 0.110. The highest BCUT2D eigenvalue weighted by atomic mass is 16.5. The van der Waals surface area contributed by atoms with Crippen LogP contribution in [-0.4, -0.2) is 62.0 Å². The van der Waals surface area contributed by atoms with Gasteiger partial charge in [-0.25, -0.2) is 0 Å². The highest BCUT2D eigenvalue weighted by molar-refractivity contribution is 5.97. The fourth-order valence-electron chi connectivity index (χ4n) is 2.76. The van der Waals surface area contributed by atoms with Crippen molar-refractivity contribution in [3.05, 3.63) is 36.3 Å². The molecule has 23 heavy (non-hydrogen) atoms. The highest BCUT2D eigenvalue weighted by Crippen LogP contribution is 2.18. The lowest BCUT2D eigenvalue weighted by molar-refractivity contribution is -0.141. The molecule has 0 radical (unpaired) electrons. The third-order valence-electron chi connectivity index (χ3n) is 3.82. The Morgan fingerprint density at radius 1 is 1.39 bits per heavy atom. The predicted molar refractivity (Wildman–Crippen MR) is 80.4 cm³/mol. The Bertz CT molecular complexity index is 707. The van der Waals surface area contributed by atoms with Crippen molar-refractivity contribution in [1.82, 2.24) is 19.2 Å².